The van der Waals surface area contributed by atoms with Crippen LogP contribution in [-0.2, 0) is 11.2 Å². The fraction of sp³-hybridized carbons (Fsp3) is 0.647. The first-order chi connectivity index (χ1) is 12.1. The third-order valence-electron chi connectivity index (χ3n) is 4.47. The smallest absolute Gasteiger partial charge is 0.249 e. The van der Waals surface area contributed by atoms with Gasteiger partial charge in [0.05, 0.1) is 5.69 Å². The minimum Gasteiger partial charge on any atom is -0.381 e. The average Bonchev–Trinajstić information content (AvgIpc) is 3.12. The molecule has 0 amide bonds. The van der Waals surface area contributed by atoms with Crippen molar-refractivity contribution in [3.63, 3.8) is 0 Å². The van der Waals surface area contributed by atoms with Gasteiger partial charge >= 0.3 is 0 Å². The second-order valence-corrected chi connectivity index (χ2v) is 6.55. The zero-order valence-corrected chi connectivity index (χ0v) is 14.8. The zero-order chi connectivity index (χ0) is 17.8. The van der Waals surface area contributed by atoms with E-state index in [2.05, 4.69) is 25.4 Å². The van der Waals surface area contributed by atoms with Crippen molar-refractivity contribution in [1.82, 2.24) is 20.1 Å². The molecule has 0 radical (unpaired) electrons. The van der Waals surface area contributed by atoms with E-state index in [1.54, 1.807) is 0 Å². The molecule has 8 heteroatoms. The van der Waals surface area contributed by atoms with E-state index in [0.717, 1.165) is 12.8 Å². The predicted octanol–water partition coefficient (Wildman–Crippen LogP) is 3.26. The maximum absolute atomic E-state index is 14.6. The van der Waals surface area contributed by atoms with Gasteiger partial charge in [-0.2, -0.15) is 4.98 Å². The highest BCUT2D eigenvalue weighted by molar-refractivity contribution is 5.39. The predicted molar refractivity (Wildman–Crippen MR) is 89.7 cm³/mol. The molecule has 1 saturated heterocycles. The van der Waals surface area contributed by atoms with Gasteiger partial charge < -0.3 is 14.6 Å². The largest absolute Gasteiger partial charge is 0.381 e. The lowest BCUT2D eigenvalue weighted by molar-refractivity contribution is 0.0570. The van der Waals surface area contributed by atoms with E-state index in [1.165, 1.54) is 6.33 Å². The van der Waals surface area contributed by atoms with Crippen molar-refractivity contribution in [1.29, 1.82) is 0 Å². The third kappa shape index (κ3) is 3.95. The van der Waals surface area contributed by atoms with Crippen LogP contribution in [0.25, 0.3) is 0 Å². The van der Waals surface area contributed by atoms with Gasteiger partial charge in [0.2, 0.25) is 5.89 Å². The third-order valence-corrected chi connectivity index (χ3v) is 4.47. The molecule has 136 valence electrons. The van der Waals surface area contributed by atoms with Crippen molar-refractivity contribution in [2.45, 2.75) is 52.0 Å². The molecule has 0 saturated carbocycles. The van der Waals surface area contributed by atoms with E-state index in [4.69, 9.17) is 9.26 Å². The highest BCUT2D eigenvalue weighted by atomic mass is 19.1. The van der Waals surface area contributed by atoms with Gasteiger partial charge in [-0.25, -0.2) is 14.4 Å². The van der Waals surface area contributed by atoms with Gasteiger partial charge in [0, 0.05) is 19.1 Å². The molecule has 1 fully saturated rings. The number of anilines is 1. The lowest BCUT2D eigenvalue weighted by atomic mass is 9.91. The second kappa shape index (κ2) is 7.86. The van der Waals surface area contributed by atoms with Gasteiger partial charge in [-0.15, -0.1) is 0 Å². The van der Waals surface area contributed by atoms with E-state index in [9.17, 15) is 4.39 Å². The van der Waals surface area contributed by atoms with Gasteiger partial charge in [0.15, 0.2) is 17.5 Å². The molecule has 0 aliphatic carbocycles. The van der Waals surface area contributed by atoms with Crippen LogP contribution in [0.5, 0.6) is 0 Å². The number of rotatable bonds is 6. The Bertz CT molecular complexity index is 700. The molecule has 2 aromatic heterocycles. The quantitative estimate of drug-likeness (QED) is 0.856. The number of hydrogen-bond acceptors (Lipinski definition) is 7. The van der Waals surface area contributed by atoms with Crippen molar-refractivity contribution in [2.75, 3.05) is 18.5 Å². The van der Waals surface area contributed by atoms with Crippen molar-refractivity contribution in [2.24, 2.45) is 5.92 Å². The number of nitrogens with zero attached hydrogens (tertiary/aromatic N) is 4. The summed E-state index contributed by atoms with van der Waals surface area (Å²) in [5, 5.41) is 7.23. The Kier molecular flexibility index (Phi) is 5.57. The summed E-state index contributed by atoms with van der Waals surface area (Å²) in [6, 6.07) is -0.307. The highest BCUT2D eigenvalue weighted by Gasteiger charge is 2.31. The molecule has 25 heavy (non-hydrogen) atoms. The number of nitrogens with one attached hydrogen (secondary N) is 1. The number of halogens is 1. The molecule has 3 heterocycles. The van der Waals surface area contributed by atoms with Crippen molar-refractivity contribution in [3.05, 3.63) is 29.6 Å². The lowest BCUT2D eigenvalue weighted by Crippen LogP contribution is -2.28. The summed E-state index contributed by atoms with van der Waals surface area (Å²) in [4.78, 5) is 12.6. The number of aromatic nitrogens is 4. The summed E-state index contributed by atoms with van der Waals surface area (Å²) >= 11 is 0. The summed E-state index contributed by atoms with van der Waals surface area (Å²) in [6.45, 7) is 7.20. The first kappa shape index (κ1) is 17.7. The summed E-state index contributed by atoms with van der Waals surface area (Å²) in [5.41, 5.74) is 0.386. The second-order valence-electron chi connectivity index (χ2n) is 6.55. The first-order valence-electron chi connectivity index (χ1n) is 8.77. The average molecular weight is 349 g/mol. The molecule has 1 atom stereocenters. The van der Waals surface area contributed by atoms with Gasteiger partial charge in [0.1, 0.15) is 12.4 Å². The Morgan fingerprint density at radius 2 is 2.04 bits per heavy atom. The fourth-order valence-corrected chi connectivity index (χ4v) is 2.94. The molecule has 0 bridgehead atoms. The minimum atomic E-state index is -0.425. The van der Waals surface area contributed by atoms with Crippen molar-refractivity contribution < 1.29 is 13.7 Å². The van der Waals surface area contributed by atoms with Crippen LogP contribution in [-0.4, -0.2) is 33.3 Å². The lowest BCUT2D eigenvalue weighted by Gasteiger charge is -2.29. The SMILES string of the molecule is CCc1ncnc(NC(c2nc(C(C)C)no2)C2CCOCC2)c1F. The Hall–Kier alpha value is -2.09. The zero-order valence-electron chi connectivity index (χ0n) is 14.8. The molecule has 2 aromatic rings. The van der Waals surface area contributed by atoms with Crippen LogP contribution in [0.3, 0.4) is 0 Å². The number of aryl methyl sites for hydroxylation is 1. The van der Waals surface area contributed by atoms with Crippen molar-refractivity contribution in [3.8, 4) is 0 Å². The van der Waals surface area contributed by atoms with E-state index >= 15 is 0 Å². The Morgan fingerprint density at radius 1 is 1.28 bits per heavy atom. The van der Waals surface area contributed by atoms with E-state index in [0.29, 0.717) is 37.0 Å². The van der Waals surface area contributed by atoms with Gasteiger partial charge in [-0.1, -0.05) is 25.9 Å². The Balaban J connectivity index is 1.90. The van der Waals surface area contributed by atoms with Crippen LogP contribution in [0, 0.1) is 11.7 Å². The van der Waals surface area contributed by atoms with Crippen LogP contribution < -0.4 is 5.32 Å². The topological polar surface area (TPSA) is 86.0 Å². The maximum atomic E-state index is 14.6. The molecular weight excluding hydrogens is 325 g/mol. The van der Waals surface area contributed by atoms with Crippen LogP contribution in [0.15, 0.2) is 10.9 Å². The normalized spacial score (nSPS) is 17.0. The molecule has 0 aromatic carbocycles. The molecule has 1 aliphatic heterocycles. The van der Waals surface area contributed by atoms with E-state index < -0.39 is 5.82 Å². The monoisotopic (exact) mass is 349 g/mol. The summed E-state index contributed by atoms with van der Waals surface area (Å²) in [6.07, 6.45) is 3.55. The van der Waals surface area contributed by atoms with Crippen molar-refractivity contribution >= 4 is 5.82 Å². The summed E-state index contributed by atoms with van der Waals surface area (Å²) < 4.78 is 25.5. The maximum Gasteiger partial charge on any atom is 0.249 e. The van der Waals surface area contributed by atoms with Crippen LogP contribution in [0.1, 0.15) is 63.0 Å². The van der Waals surface area contributed by atoms with Gasteiger partial charge in [-0.05, 0) is 25.2 Å². The Labute approximate surface area is 146 Å². The molecule has 3 rings (SSSR count). The molecular formula is C17H24FN5O2. The number of hydrogen-bond donors (Lipinski definition) is 1. The first-order valence-corrected chi connectivity index (χ1v) is 8.77. The fourth-order valence-electron chi connectivity index (χ4n) is 2.94. The molecule has 1 N–H and O–H groups in total. The van der Waals surface area contributed by atoms with Gasteiger partial charge in [-0.3, -0.25) is 0 Å². The number of ether oxygens (including phenoxy) is 1. The minimum absolute atomic E-state index is 0.162. The standard InChI is InChI=1S/C17H24FN5O2/c1-4-12-13(18)16(20-9-19-12)21-14(11-5-7-24-8-6-11)17-22-15(10(2)3)23-25-17/h9-11,14H,4-8H2,1-3H3,(H,19,20,21). The van der Waals surface area contributed by atoms with Crippen LogP contribution in [0.4, 0.5) is 10.2 Å². The molecule has 1 aliphatic rings. The molecule has 7 nitrogen and oxygen atoms in total. The van der Waals surface area contributed by atoms with Crippen LogP contribution in [0.2, 0.25) is 0 Å². The summed E-state index contributed by atoms with van der Waals surface area (Å²) in [5.74, 6) is 1.22. The summed E-state index contributed by atoms with van der Waals surface area (Å²) in [7, 11) is 0. The van der Waals surface area contributed by atoms with E-state index in [1.807, 2.05) is 20.8 Å². The van der Waals surface area contributed by atoms with E-state index in [-0.39, 0.29) is 23.7 Å². The molecule has 1 unspecified atom stereocenters. The highest BCUT2D eigenvalue weighted by Crippen LogP contribution is 2.33. The van der Waals surface area contributed by atoms with Crippen LogP contribution >= 0.6 is 0 Å². The Morgan fingerprint density at radius 3 is 2.68 bits per heavy atom. The van der Waals surface area contributed by atoms with Gasteiger partial charge in [0.25, 0.3) is 0 Å². The molecule has 0 spiro atoms.